The molecule has 0 bridgehead atoms. The van der Waals surface area contributed by atoms with Gasteiger partial charge in [0.25, 0.3) is 0 Å². The number of aliphatic hydroxyl groups excluding tert-OH is 2. The topological polar surface area (TPSA) is 175 Å². The predicted molar refractivity (Wildman–Crippen MR) is 249 cm³/mol. The van der Waals surface area contributed by atoms with Gasteiger partial charge in [0.15, 0.2) is 6.10 Å². The molecule has 0 saturated carbocycles. The summed E-state index contributed by atoms with van der Waals surface area (Å²) < 4.78 is 32.5. The van der Waals surface area contributed by atoms with Crippen LogP contribution in [0.3, 0.4) is 0 Å². The molecule has 0 aliphatic rings. The van der Waals surface area contributed by atoms with E-state index in [0.717, 1.165) is 32.1 Å². The molecule has 0 heterocycles. The lowest BCUT2D eigenvalue weighted by Gasteiger charge is -2.19. The SMILES string of the molecule is CC/C=C\C[C@H](O)/C=C/C=C\C=C\[C@H](O)C/C=C\C/C=C\CCC(=O)O[C@H](COC(=O)CC/C=C\C/C=C\C/C=C\C/C=C\C/C=C\CCCCC)COP(=O)(O)OCCN. The fraction of sp³-hybridized carbons (Fsp3) is 0.510. The highest BCUT2D eigenvalue weighted by Crippen LogP contribution is 2.43. The third kappa shape index (κ3) is 42.5. The lowest BCUT2D eigenvalue weighted by molar-refractivity contribution is -0.161. The number of aliphatic hydroxyl groups is 2. The Morgan fingerprint density at radius 2 is 1.07 bits per heavy atom. The first-order valence-corrected chi connectivity index (χ1v) is 23.4. The van der Waals surface area contributed by atoms with Crippen molar-refractivity contribution < 1.29 is 47.8 Å². The summed E-state index contributed by atoms with van der Waals surface area (Å²) in [6.07, 6.45) is 52.9. The summed E-state index contributed by atoms with van der Waals surface area (Å²) in [6, 6.07) is 0. The summed E-state index contributed by atoms with van der Waals surface area (Å²) in [5, 5.41) is 20.0. The second kappa shape index (κ2) is 42.7. The fourth-order valence-corrected chi connectivity index (χ4v) is 5.70. The van der Waals surface area contributed by atoms with Gasteiger partial charge in [-0.05, 0) is 77.0 Å². The molecule has 0 fully saturated rings. The lowest BCUT2D eigenvalue weighted by atomic mass is 10.2. The van der Waals surface area contributed by atoms with E-state index in [9.17, 15) is 29.3 Å². The van der Waals surface area contributed by atoms with Crippen molar-refractivity contribution in [2.75, 3.05) is 26.4 Å². The number of nitrogens with two attached hydrogens (primary N) is 1. The minimum Gasteiger partial charge on any atom is -0.462 e. The molecule has 5 N–H and O–H groups in total. The van der Waals surface area contributed by atoms with Crippen LogP contribution in [0.4, 0.5) is 0 Å². The fourth-order valence-electron chi connectivity index (χ4n) is 4.93. The molecule has 342 valence electrons. The Hall–Kier alpha value is -3.93. The van der Waals surface area contributed by atoms with Crippen LogP contribution in [0, 0.1) is 0 Å². The van der Waals surface area contributed by atoms with Crippen LogP contribution in [0.15, 0.2) is 134 Å². The lowest BCUT2D eigenvalue weighted by Crippen LogP contribution is -2.29. The molecule has 0 rings (SSSR count). The summed E-state index contributed by atoms with van der Waals surface area (Å²) in [5.41, 5.74) is 5.33. The minimum atomic E-state index is -4.45. The number of esters is 2. The van der Waals surface area contributed by atoms with Gasteiger partial charge in [0.1, 0.15) is 6.61 Å². The van der Waals surface area contributed by atoms with Gasteiger partial charge < -0.3 is 30.3 Å². The van der Waals surface area contributed by atoms with Gasteiger partial charge in [0.2, 0.25) is 0 Å². The van der Waals surface area contributed by atoms with E-state index in [1.165, 1.54) is 25.7 Å². The third-order valence-electron chi connectivity index (χ3n) is 8.21. The van der Waals surface area contributed by atoms with Crippen LogP contribution in [0.2, 0.25) is 0 Å². The molecule has 0 saturated heterocycles. The summed E-state index contributed by atoms with van der Waals surface area (Å²) >= 11 is 0. The van der Waals surface area contributed by atoms with Crippen LogP contribution in [-0.4, -0.2) is 71.7 Å². The van der Waals surface area contributed by atoms with Crippen molar-refractivity contribution >= 4 is 19.8 Å². The van der Waals surface area contributed by atoms with Gasteiger partial charge in [-0.3, -0.25) is 18.6 Å². The molecule has 12 heteroatoms. The van der Waals surface area contributed by atoms with Crippen molar-refractivity contribution in [3.63, 3.8) is 0 Å². The number of carbonyl (C=O) groups is 2. The van der Waals surface area contributed by atoms with Crippen molar-refractivity contribution in [2.45, 2.75) is 135 Å². The number of ether oxygens (including phenoxy) is 2. The number of phosphoric acid groups is 1. The van der Waals surface area contributed by atoms with Gasteiger partial charge in [-0.2, -0.15) is 0 Å². The number of phosphoric ester groups is 1. The van der Waals surface area contributed by atoms with Crippen LogP contribution >= 0.6 is 7.82 Å². The zero-order valence-corrected chi connectivity index (χ0v) is 37.7. The highest BCUT2D eigenvalue weighted by molar-refractivity contribution is 7.47. The van der Waals surface area contributed by atoms with E-state index in [1.54, 1.807) is 36.5 Å². The average Bonchev–Trinajstić information content (AvgIpc) is 3.24. The van der Waals surface area contributed by atoms with E-state index >= 15 is 0 Å². The van der Waals surface area contributed by atoms with Crippen molar-refractivity contribution in [3.05, 3.63) is 134 Å². The highest BCUT2D eigenvalue weighted by atomic mass is 31.2. The molecule has 0 aromatic carbocycles. The number of unbranched alkanes of at least 4 members (excludes halogenated alkanes) is 3. The number of carbonyl (C=O) groups excluding carboxylic acids is 2. The second-order valence-electron chi connectivity index (χ2n) is 13.9. The van der Waals surface area contributed by atoms with Crippen molar-refractivity contribution in [1.29, 1.82) is 0 Å². The standard InChI is InChI=1S/C49H76NO10P/c1-3-5-7-8-9-10-11-12-13-14-15-16-17-18-19-20-21-25-33-39-48(53)57-43-47(44-59-61(55,56)58-42-41-50)60-49(54)40-34-26-23-22-24-30-36-46(52)38-32-28-27-31-37-45(51)35-29-6-4-2/h6,9-10,12-13,15-16,18-19,21,23-32,37-38,45-47,51-52H,3-5,7-8,11,14,17,20,22,33-36,39-44,50H2,1-2H3,(H,55,56)/b10-9-,13-12-,16-15-,19-18-,25-21-,26-23-,28-27-,29-6-,30-24-,37-31+,38-32+/t45-,46+,47+/m0/s1. The van der Waals surface area contributed by atoms with E-state index in [0.29, 0.717) is 32.1 Å². The van der Waals surface area contributed by atoms with Gasteiger partial charge in [0, 0.05) is 19.4 Å². The maximum atomic E-state index is 12.6. The van der Waals surface area contributed by atoms with E-state index in [2.05, 4.69) is 55.5 Å². The normalized spacial score (nSPS) is 15.6. The summed E-state index contributed by atoms with van der Waals surface area (Å²) in [5.74, 6) is -1.11. The molecule has 0 spiro atoms. The van der Waals surface area contributed by atoms with Gasteiger partial charge in [-0.15, -0.1) is 0 Å². The van der Waals surface area contributed by atoms with E-state index in [1.807, 2.05) is 55.5 Å². The summed E-state index contributed by atoms with van der Waals surface area (Å²) in [7, 11) is -4.45. The van der Waals surface area contributed by atoms with Crippen LogP contribution in [0.25, 0.3) is 0 Å². The van der Waals surface area contributed by atoms with Crippen molar-refractivity contribution in [3.8, 4) is 0 Å². The molecule has 4 atom stereocenters. The van der Waals surface area contributed by atoms with Crippen LogP contribution in [-0.2, 0) is 32.7 Å². The van der Waals surface area contributed by atoms with Crippen LogP contribution in [0.5, 0.6) is 0 Å². The molecule has 0 aliphatic carbocycles. The number of hydrogen-bond donors (Lipinski definition) is 4. The molecule has 0 aromatic heterocycles. The first kappa shape index (κ1) is 57.1. The Morgan fingerprint density at radius 1 is 0.590 bits per heavy atom. The van der Waals surface area contributed by atoms with Crippen molar-refractivity contribution in [1.82, 2.24) is 0 Å². The Labute approximate surface area is 367 Å². The first-order valence-electron chi connectivity index (χ1n) is 21.9. The Kier molecular flexibility index (Phi) is 40.0. The Balaban J connectivity index is 4.54. The van der Waals surface area contributed by atoms with Crippen LogP contribution < -0.4 is 5.73 Å². The zero-order valence-electron chi connectivity index (χ0n) is 36.8. The predicted octanol–water partition coefficient (Wildman–Crippen LogP) is 10.7. The number of allylic oxidation sites excluding steroid dienone is 18. The second-order valence-corrected chi connectivity index (χ2v) is 15.3. The molecule has 0 radical (unpaired) electrons. The smallest absolute Gasteiger partial charge is 0.462 e. The zero-order chi connectivity index (χ0) is 44.9. The number of hydrogen-bond acceptors (Lipinski definition) is 10. The molecule has 0 amide bonds. The monoisotopic (exact) mass is 870 g/mol. The number of rotatable bonds is 38. The molecule has 0 aliphatic heterocycles. The molecular formula is C49H76NO10P. The molecule has 0 aromatic rings. The summed E-state index contributed by atoms with van der Waals surface area (Å²) in [6.45, 7) is 3.18. The third-order valence-corrected chi connectivity index (χ3v) is 9.20. The summed E-state index contributed by atoms with van der Waals surface area (Å²) in [4.78, 5) is 34.8. The minimum absolute atomic E-state index is 0.00615. The van der Waals surface area contributed by atoms with E-state index < -0.39 is 44.7 Å². The van der Waals surface area contributed by atoms with Gasteiger partial charge in [-0.25, -0.2) is 4.57 Å². The maximum absolute atomic E-state index is 12.6. The van der Waals surface area contributed by atoms with E-state index in [-0.39, 0.29) is 32.6 Å². The van der Waals surface area contributed by atoms with Gasteiger partial charge in [0.05, 0.1) is 25.4 Å². The van der Waals surface area contributed by atoms with E-state index in [4.69, 9.17) is 24.3 Å². The first-order chi connectivity index (χ1) is 29.6. The molecule has 11 nitrogen and oxygen atoms in total. The maximum Gasteiger partial charge on any atom is 0.472 e. The molecule has 1 unspecified atom stereocenters. The Bertz CT molecular complexity index is 1490. The van der Waals surface area contributed by atoms with Gasteiger partial charge in [-0.1, -0.05) is 160 Å². The molecular weight excluding hydrogens is 794 g/mol. The molecule has 61 heavy (non-hydrogen) atoms. The van der Waals surface area contributed by atoms with Gasteiger partial charge >= 0.3 is 19.8 Å². The highest BCUT2D eigenvalue weighted by Gasteiger charge is 2.25. The Morgan fingerprint density at radius 3 is 1.57 bits per heavy atom. The quantitative estimate of drug-likeness (QED) is 0.0153. The van der Waals surface area contributed by atoms with Crippen molar-refractivity contribution in [2.24, 2.45) is 5.73 Å². The van der Waals surface area contributed by atoms with Crippen LogP contribution in [0.1, 0.15) is 117 Å². The largest absolute Gasteiger partial charge is 0.472 e. The average molecular weight is 870 g/mol.